The molecule has 1 aliphatic heterocycles. The van der Waals surface area contributed by atoms with E-state index in [1.165, 1.54) is 0 Å². The largest absolute Gasteiger partial charge is 0.389 e. The lowest BCUT2D eigenvalue weighted by atomic mass is 10.0. The molecule has 102 valence electrons. The molecular weight excluding hydrogens is 260 g/mol. The first-order chi connectivity index (χ1) is 8.94. The topological polar surface area (TPSA) is 55.6 Å². The third-order valence-corrected chi connectivity index (χ3v) is 3.75. The maximum Gasteiger partial charge on any atom is 0.258 e. The van der Waals surface area contributed by atoms with Gasteiger partial charge in [-0.1, -0.05) is 12.2 Å². The number of amides is 1. The van der Waals surface area contributed by atoms with E-state index in [4.69, 9.17) is 22.7 Å². The minimum Gasteiger partial charge on any atom is -0.389 e. The van der Waals surface area contributed by atoms with Crippen molar-refractivity contribution in [3.8, 4) is 0 Å². The number of rotatable bonds is 3. The van der Waals surface area contributed by atoms with Gasteiger partial charge in [0, 0.05) is 24.9 Å². The highest BCUT2D eigenvalue weighted by Gasteiger charge is 2.39. The Morgan fingerprint density at radius 2 is 2.05 bits per heavy atom. The number of hydrogen-bond donors (Lipinski definition) is 1. The van der Waals surface area contributed by atoms with Crippen LogP contribution in [0.2, 0.25) is 0 Å². The zero-order chi connectivity index (χ0) is 14.0. The predicted molar refractivity (Wildman–Crippen MR) is 79.3 cm³/mol. The van der Waals surface area contributed by atoms with E-state index in [0.717, 1.165) is 24.1 Å². The van der Waals surface area contributed by atoms with Gasteiger partial charge in [0.15, 0.2) is 0 Å². The summed E-state index contributed by atoms with van der Waals surface area (Å²) in [5.41, 5.74) is 6.45. The van der Waals surface area contributed by atoms with Crippen molar-refractivity contribution in [3.05, 3.63) is 29.8 Å². The van der Waals surface area contributed by atoms with Crippen molar-refractivity contribution in [3.63, 3.8) is 0 Å². The summed E-state index contributed by atoms with van der Waals surface area (Å²) in [5, 5.41) is 0. The second kappa shape index (κ2) is 5.27. The fourth-order valence-electron chi connectivity index (χ4n) is 2.27. The molecule has 1 amide bonds. The molecule has 0 spiro atoms. The molecular formula is C14H18N2O2S. The Morgan fingerprint density at radius 3 is 2.53 bits per heavy atom. The molecule has 1 saturated heterocycles. The quantitative estimate of drug-likeness (QED) is 0.857. The lowest BCUT2D eigenvalue weighted by molar-refractivity contribution is -0.136. The lowest BCUT2D eigenvalue weighted by Crippen LogP contribution is -2.45. The number of hydrogen-bond acceptors (Lipinski definition) is 3. The van der Waals surface area contributed by atoms with Crippen molar-refractivity contribution in [2.24, 2.45) is 5.73 Å². The first-order valence-corrected chi connectivity index (χ1v) is 6.67. The van der Waals surface area contributed by atoms with Crippen LogP contribution < -0.4 is 10.6 Å². The summed E-state index contributed by atoms with van der Waals surface area (Å²) >= 11 is 4.90. The maximum absolute atomic E-state index is 12.4. The molecule has 1 unspecified atom stereocenters. The highest BCUT2D eigenvalue weighted by molar-refractivity contribution is 7.80. The first-order valence-electron chi connectivity index (χ1n) is 6.26. The third kappa shape index (κ3) is 2.77. The molecule has 2 rings (SSSR count). The van der Waals surface area contributed by atoms with Crippen LogP contribution in [0, 0.1) is 0 Å². The summed E-state index contributed by atoms with van der Waals surface area (Å²) in [7, 11) is 1.75. The first kappa shape index (κ1) is 14.0. The van der Waals surface area contributed by atoms with E-state index in [1.54, 1.807) is 11.9 Å². The number of thiocarbonyl (C=S) groups is 1. The predicted octanol–water partition coefficient (Wildman–Crippen LogP) is 1.85. The minimum absolute atomic E-state index is 0.0203. The fraction of sp³-hybridized carbons (Fsp3) is 0.429. The number of likely N-dealkylation sites (N-methyl/N-ethyl adjacent to an activating group) is 1. The van der Waals surface area contributed by atoms with E-state index >= 15 is 0 Å². The van der Waals surface area contributed by atoms with Gasteiger partial charge in [0.05, 0.1) is 0 Å². The molecule has 2 N–H and O–H groups in total. The van der Waals surface area contributed by atoms with Gasteiger partial charge in [-0.3, -0.25) is 4.79 Å². The van der Waals surface area contributed by atoms with Crippen LogP contribution in [0.1, 0.15) is 25.3 Å². The number of nitrogens with zero attached hydrogens (tertiary/aromatic N) is 1. The molecule has 5 heteroatoms. The van der Waals surface area contributed by atoms with Crippen molar-refractivity contribution in [2.75, 3.05) is 18.6 Å². The van der Waals surface area contributed by atoms with E-state index in [9.17, 15) is 4.79 Å². The zero-order valence-electron chi connectivity index (χ0n) is 11.2. The van der Waals surface area contributed by atoms with Gasteiger partial charge in [-0.05, 0) is 44.0 Å². The summed E-state index contributed by atoms with van der Waals surface area (Å²) in [6.07, 6.45) is 1.69. The molecule has 1 aliphatic rings. The highest BCUT2D eigenvalue weighted by atomic mass is 32.1. The average Bonchev–Trinajstić information content (AvgIpc) is 2.85. The van der Waals surface area contributed by atoms with Gasteiger partial charge >= 0.3 is 0 Å². The standard InChI is InChI=1S/C14H18N2O2S/c1-14(8-3-9-18-14)13(17)16(2)11-6-4-10(5-7-11)12(15)19/h4-7H,3,8-9H2,1-2H3,(H2,15,19). The van der Waals surface area contributed by atoms with Crippen LogP contribution in [0.15, 0.2) is 24.3 Å². The van der Waals surface area contributed by atoms with E-state index in [0.29, 0.717) is 11.6 Å². The Balaban J connectivity index is 2.17. The van der Waals surface area contributed by atoms with Gasteiger partial charge in [0.2, 0.25) is 0 Å². The number of anilines is 1. The molecule has 4 nitrogen and oxygen atoms in total. The zero-order valence-corrected chi connectivity index (χ0v) is 12.0. The molecule has 0 aromatic heterocycles. The number of nitrogens with two attached hydrogens (primary N) is 1. The van der Waals surface area contributed by atoms with Gasteiger partial charge in [-0.25, -0.2) is 0 Å². The number of benzene rings is 1. The van der Waals surface area contributed by atoms with Crippen LogP contribution in [0.25, 0.3) is 0 Å². The van der Waals surface area contributed by atoms with Crippen LogP contribution >= 0.6 is 12.2 Å². The van der Waals surface area contributed by atoms with Crippen LogP contribution in [0.5, 0.6) is 0 Å². The molecule has 0 aliphatic carbocycles. The normalized spacial score (nSPS) is 22.2. The number of carbonyl (C=O) groups excluding carboxylic acids is 1. The Hall–Kier alpha value is -1.46. The Morgan fingerprint density at radius 1 is 1.42 bits per heavy atom. The molecule has 1 aromatic carbocycles. The van der Waals surface area contributed by atoms with E-state index in [1.807, 2.05) is 31.2 Å². The summed E-state index contributed by atoms with van der Waals surface area (Å²) in [5.74, 6) is -0.0203. The summed E-state index contributed by atoms with van der Waals surface area (Å²) in [4.78, 5) is 14.4. The van der Waals surface area contributed by atoms with E-state index in [-0.39, 0.29) is 5.91 Å². The Bertz CT molecular complexity index is 493. The maximum atomic E-state index is 12.4. The van der Waals surface area contributed by atoms with Crippen LogP contribution in [0.4, 0.5) is 5.69 Å². The summed E-state index contributed by atoms with van der Waals surface area (Å²) < 4.78 is 5.57. The highest BCUT2D eigenvalue weighted by Crippen LogP contribution is 2.28. The van der Waals surface area contributed by atoms with Crippen LogP contribution in [-0.4, -0.2) is 30.2 Å². The molecule has 0 bridgehead atoms. The van der Waals surface area contributed by atoms with Crippen molar-refractivity contribution < 1.29 is 9.53 Å². The molecule has 19 heavy (non-hydrogen) atoms. The van der Waals surface area contributed by atoms with Gasteiger partial charge in [-0.2, -0.15) is 0 Å². The van der Waals surface area contributed by atoms with Crippen LogP contribution in [0.3, 0.4) is 0 Å². The van der Waals surface area contributed by atoms with Gasteiger partial charge in [0.1, 0.15) is 10.6 Å². The van der Waals surface area contributed by atoms with Crippen molar-refractivity contribution in [2.45, 2.75) is 25.4 Å². The lowest BCUT2D eigenvalue weighted by Gasteiger charge is -2.28. The molecule has 1 atom stereocenters. The Kier molecular flexibility index (Phi) is 3.87. The smallest absolute Gasteiger partial charge is 0.258 e. The molecule has 1 heterocycles. The van der Waals surface area contributed by atoms with Gasteiger partial charge in [0.25, 0.3) is 5.91 Å². The molecule has 1 fully saturated rings. The molecule has 0 saturated carbocycles. The van der Waals surface area contributed by atoms with Crippen molar-refractivity contribution in [1.29, 1.82) is 0 Å². The van der Waals surface area contributed by atoms with Gasteiger partial charge in [-0.15, -0.1) is 0 Å². The van der Waals surface area contributed by atoms with Crippen molar-refractivity contribution in [1.82, 2.24) is 0 Å². The second-order valence-corrected chi connectivity index (χ2v) is 5.40. The Labute approximate surface area is 118 Å². The molecule has 1 aromatic rings. The number of ether oxygens (including phenoxy) is 1. The number of carbonyl (C=O) groups is 1. The fourth-order valence-corrected chi connectivity index (χ4v) is 2.41. The SMILES string of the molecule is CN(C(=O)C1(C)CCCO1)c1ccc(C(N)=S)cc1. The van der Waals surface area contributed by atoms with E-state index < -0.39 is 5.60 Å². The van der Waals surface area contributed by atoms with Gasteiger partial charge < -0.3 is 15.4 Å². The third-order valence-electron chi connectivity index (χ3n) is 3.51. The average molecular weight is 278 g/mol. The monoisotopic (exact) mass is 278 g/mol. The summed E-state index contributed by atoms with van der Waals surface area (Å²) in [6, 6.07) is 7.31. The van der Waals surface area contributed by atoms with E-state index in [2.05, 4.69) is 0 Å². The molecule has 0 radical (unpaired) electrons. The van der Waals surface area contributed by atoms with Crippen LogP contribution in [-0.2, 0) is 9.53 Å². The second-order valence-electron chi connectivity index (χ2n) is 4.96. The summed E-state index contributed by atoms with van der Waals surface area (Å²) in [6.45, 7) is 2.50. The minimum atomic E-state index is -0.698. The van der Waals surface area contributed by atoms with Crippen molar-refractivity contribution >= 4 is 28.8 Å².